The van der Waals surface area contributed by atoms with E-state index in [2.05, 4.69) is 5.32 Å². The summed E-state index contributed by atoms with van der Waals surface area (Å²) in [6, 6.07) is 5.67. The Balaban J connectivity index is 1.60. The fourth-order valence-electron chi connectivity index (χ4n) is 3.24. The highest BCUT2D eigenvalue weighted by molar-refractivity contribution is 5.96. The SMILES string of the molecule is O=C(N[C@H]1CC(=O)N(c2cccc(F)c2)C1)N1CCCCCC1. The zero-order chi connectivity index (χ0) is 16.2. The molecule has 1 aromatic rings. The topological polar surface area (TPSA) is 52.7 Å². The lowest BCUT2D eigenvalue weighted by Gasteiger charge is -2.23. The van der Waals surface area contributed by atoms with Crippen LogP contribution in [0.5, 0.6) is 0 Å². The number of urea groups is 1. The number of benzene rings is 1. The molecule has 2 aliphatic rings. The van der Waals surface area contributed by atoms with Crippen molar-refractivity contribution in [3.8, 4) is 0 Å². The predicted octanol–water partition coefficient (Wildman–Crippen LogP) is 2.52. The van der Waals surface area contributed by atoms with Gasteiger partial charge in [-0.2, -0.15) is 0 Å². The zero-order valence-electron chi connectivity index (χ0n) is 13.1. The van der Waals surface area contributed by atoms with Gasteiger partial charge < -0.3 is 15.1 Å². The maximum Gasteiger partial charge on any atom is 0.317 e. The lowest BCUT2D eigenvalue weighted by atomic mass is 10.2. The van der Waals surface area contributed by atoms with Gasteiger partial charge in [0, 0.05) is 31.7 Å². The van der Waals surface area contributed by atoms with E-state index < -0.39 is 0 Å². The van der Waals surface area contributed by atoms with Crippen molar-refractivity contribution < 1.29 is 14.0 Å². The maximum absolute atomic E-state index is 13.3. The van der Waals surface area contributed by atoms with E-state index in [1.165, 1.54) is 29.9 Å². The van der Waals surface area contributed by atoms with Gasteiger partial charge in [0.1, 0.15) is 5.82 Å². The Morgan fingerprint density at radius 1 is 1.17 bits per heavy atom. The standard InChI is InChI=1S/C17H22FN3O2/c18-13-6-5-7-15(10-13)21-12-14(11-16(21)22)19-17(23)20-8-3-1-2-4-9-20/h5-7,10,14H,1-4,8-9,11-12H2,(H,19,23)/t14-/m0/s1. The highest BCUT2D eigenvalue weighted by Gasteiger charge is 2.32. The second-order valence-corrected chi connectivity index (χ2v) is 6.24. The Labute approximate surface area is 135 Å². The number of likely N-dealkylation sites (tertiary alicyclic amines) is 1. The number of carbonyl (C=O) groups is 2. The molecule has 0 aliphatic carbocycles. The van der Waals surface area contributed by atoms with E-state index >= 15 is 0 Å². The van der Waals surface area contributed by atoms with E-state index in [1.54, 1.807) is 12.1 Å². The normalized spacial score (nSPS) is 22.1. The molecule has 2 aliphatic heterocycles. The van der Waals surface area contributed by atoms with E-state index in [0.717, 1.165) is 25.9 Å². The summed E-state index contributed by atoms with van der Waals surface area (Å²) in [5.41, 5.74) is 0.543. The number of nitrogens with one attached hydrogen (secondary N) is 1. The van der Waals surface area contributed by atoms with Gasteiger partial charge >= 0.3 is 6.03 Å². The molecule has 0 unspecified atom stereocenters. The molecule has 23 heavy (non-hydrogen) atoms. The average Bonchev–Trinajstić information content (AvgIpc) is 2.74. The predicted molar refractivity (Wildman–Crippen MR) is 85.7 cm³/mol. The summed E-state index contributed by atoms with van der Waals surface area (Å²) in [5.74, 6) is -0.455. The molecule has 2 saturated heterocycles. The quantitative estimate of drug-likeness (QED) is 0.910. The fraction of sp³-hybridized carbons (Fsp3) is 0.529. The van der Waals surface area contributed by atoms with Crippen LogP contribution in [0.25, 0.3) is 0 Å². The number of halogens is 1. The highest BCUT2D eigenvalue weighted by atomic mass is 19.1. The molecule has 0 aromatic heterocycles. The third kappa shape index (κ3) is 3.81. The fourth-order valence-corrected chi connectivity index (χ4v) is 3.24. The smallest absolute Gasteiger partial charge is 0.317 e. The van der Waals surface area contributed by atoms with Gasteiger partial charge in [0.2, 0.25) is 5.91 Å². The van der Waals surface area contributed by atoms with E-state index in [0.29, 0.717) is 12.2 Å². The van der Waals surface area contributed by atoms with Crippen LogP contribution in [0.15, 0.2) is 24.3 Å². The number of amides is 3. The summed E-state index contributed by atoms with van der Waals surface area (Å²) in [7, 11) is 0. The van der Waals surface area contributed by atoms with Crippen molar-refractivity contribution in [2.75, 3.05) is 24.5 Å². The van der Waals surface area contributed by atoms with Crippen molar-refractivity contribution in [3.63, 3.8) is 0 Å². The molecular formula is C17H22FN3O2. The summed E-state index contributed by atoms with van der Waals surface area (Å²) >= 11 is 0. The number of nitrogens with zero attached hydrogens (tertiary/aromatic N) is 2. The lowest BCUT2D eigenvalue weighted by molar-refractivity contribution is -0.117. The Morgan fingerprint density at radius 3 is 2.61 bits per heavy atom. The van der Waals surface area contributed by atoms with E-state index in [1.807, 2.05) is 4.90 Å². The molecule has 3 rings (SSSR count). The molecule has 5 nitrogen and oxygen atoms in total. The lowest BCUT2D eigenvalue weighted by Crippen LogP contribution is -2.46. The van der Waals surface area contributed by atoms with E-state index in [4.69, 9.17) is 0 Å². The monoisotopic (exact) mass is 319 g/mol. The molecule has 1 N–H and O–H groups in total. The van der Waals surface area contributed by atoms with Crippen LogP contribution in [0, 0.1) is 5.82 Å². The summed E-state index contributed by atoms with van der Waals surface area (Å²) in [6.45, 7) is 1.95. The van der Waals surface area contributed by atoms with E-state index in [-0.39, 0.29) is 30.2 Å². The number of carbonyl (C=O) groups excluding carboxylic acids is 2. The molecule has 3 amide bonds. The third-order valence-corrected chi connectivity index (χ3v) is 4.47. The molecular weight excluding hydrogens is 297 g/mol. The Hall–Kier alpha value is -2.11. The van der Waals surface area contributed by atoms with Crippen LogP contribution in [-0.2, 0) is 4.79 Å². The number of hydrogen-bond acceptors (Lipinski definition) is 2. The molecule has 0 saturated carbocycles. The molecule has 0 bridgehead atoms. The van der Waals surface area contributed by atoms with Crippen LogP contribution in [-0.4, -0.2) is 42.5 Å². The third-order valence-electron chi connectivity index (χ3n) is 4.47. The summed E-state index contributed by atoms with van der Waals surface area (Å²) < 4.78 is 13.3. The number of hydrogen-bond donors (Lipinski definition) is 1. The van der Waals surface area contributed by atoms with Gasteiger partial charge in [0.25, 0.3) is 0 Å². The van der Waals surface area contributed by atoms with Crippen LogP contribution in [0.1, 0.15) is 32.1 Å². The van der Waals surface area contributed by atoms with Crippen molar-refractivity contribution >= 4 is 17.6 Å². The van der Waals surface area contributed by atoms with Gasteiger partial charge in [-0.1, -0.05) is 18.9 Å². The second-order valence-electron chi connectivity index (χ2n) is 6.24. The summed E-state index contributed by atoms with van der Waals surface area (Å²) in [4.78, 5) is 27.9. The molecule has 1 aromatic carbocycles. The minimum Gasteiger partial charge on any atom is -0.333 e. The molecule has 6 heteroatoms. The van der Waals surface area contributed by atoms with Crippen molar-refractivity contribution in [2.24, 2.45) is 0 Å². The van der Waals surface area contributed by atoms with Crippen LogP contribution < -0.4 is 10.2 Å². The first-order chi connectivity index (χ1) is 11.1. The van der Waals surface area contributed by atoms with Gasteiger partial charge in [0.05, 0.1) is 6.04 Å². The Morgan fingerprint density at radius 2 is 1.91 bits per heavy atom. The van der Waals surface area contributed by atoms with Crippen molar-refractivity contribution in [3.05, 3.63) is 30.1 Å². The number of anilines is 1. The van der Waals surface area contributed by atoms with Crippen LogP contribution in [0.4, 0.5) is 14.9 Å². The molecule has 2 fully saturated rings. The first-order valence-electron chi connectivity index (χ1n) is 8.25. The minimum atomic E-state index is -0.368. The molecule has 0 spiro atoms. The second kappa shape index (κ2) is 6.98. The van der Waals surface area contributed by atoms with Crippen LogP contribution in [0.3, 0.4) is 0 Å². The number of rotatable bonds is 2. The van der Waals surface area contributed by atoms with Crippen LogP contribution >= 0.6 is 0 Å². The zero-order valence-corrected chi connectivity index (χ0v) is 13.1. The maximum atomic E-state index is 13.3. The largest absolute Gasteiger partial charge is 0.333 e. The van der Waals surface area contributed by atoms with Crippen molar-refractivity contribution in [1.82, 2.24) is 10.2 Å². The summed E-state index contributed by atoms with van der Waals surface area (Å²) in [6.07, 6.45) is 4.66. The Bertz CT molecular complexity index is 585. The Kier molecular flexibility index (Phi) is 4.79. The van der Waals surface area contributed by atoms with Gasteiger partial charge in [0.15, 0.2) is 0 Å². The van der Waals surface area contributed by atoms with Gasteiger partial charge in [-0.05, 0) is 31.0 Å². The van der Waals surface area contributed by atoms with Crippen LogP contribution in [0.2, 0.25) is 0 Å². The van der Waals surface area contributed by atoms with E-state index in [9.17, 15) is 14.0 Å². The van der Waals surface area contributed by atoms with Gasteiger partial charge in [-0.15, -0.1) is 0 Å². The minimum absolute atomic E-state index is 0.0863. The molecule has 2 heterocycles. The first-order valence-corrected chi connectivity index (χ1v) is 8.25. The van der Waals surface area contributed by atoms with Gasteiger partial charge in [-0.3, -0.25) is 4.79 Å². The first kappa shape index (κ1) is 15.8. The van der Waals surface area contributed by atoms with Gasteiger partial charge in [-0.25, -0.2) is 9.18 Å². The van der Waals surface area contributed by atoms with Crippen molar-refractivity contribution in [2.45, 2.75) is 38.1 Å². The highest BCUT2D eigenvalue weighted by Crippen LogP contribution is 2.22. The summed E-state index contributed by atoms with van der Waals surface area (Å²) in [5, 5.41) is 2.95. The molecule has 1 atom stereocenters. The van der Waals surface area contributed by atoms with Crippen molar-refractivity contribution in [1.29, 1.82) is 0 Å². The molecule has 0 radical (unpaired) electrons. The molecule has 124 valence electrons. The average molecular weight is 319 g/mol.